The Hall–Kier alpha value is -1.82. The Balaban J connectivity index is 2.90. The van der Waals surface area contributed by atoms with E-state index in [4.69, 9.17) is 10.8 Å². The van der Waals surface area contributed by atoms with Crippen molar-refractivity contribution < 1.29 is 15.0 Å². The Morgan fingerprint density at radius 3 is 2.82 bits per heavy atom. The van der Waals surface area contributed by atoms with E-state index in [0.717, 1.165) is 0 Å². The lowest BCUT2D eigenvalue weighted by Gasteiger charge is -2.21. The molecule has 1 rings (SSSR count). The van der Waals surface area contributed by atoms with Crippen LogP contribution in [0.3, 0.4) is 0 Å². The molecule has 1 heterocycles. The normalized spacial score (nSPS) is 12.2. The summed E-state index contributed by atoms with van der Waals surface area (Å²) >= 11 is 0. The number of aliphatic hydroxyl groups excluding tert-OH is 1. The zero-order valence-corrected chi connectivity index (χ0v) is 9.92. The Labute approximate surface area is 99.7 Å². The van der Waals surface area contributed by atoms with Crippen LogP contribution in [0.4, 0.5) is 11.5 Å². The first-order valence-electron chi connectivity index (χ1n) is 5.30. The second kappa shape index (κ2) is 5.49. The minimum Gasteiger partial charge on any atom is -0.478 e. The minimum atomic E-state index is -1.07. The first kappa shape index (κ1) is 13.2. The molecule has 6 nitrogen and oxygen atoms in total. The maximum atomic E-state index is 10.9. The molecule has 4 N–H and O–H groups in total. The topological polar surface area (TPSA) is 99.7 Å². The molecule has 0 saturated carbocycles. The van der Waals surface area contributed by atoms with Gasteiger partial charge in [-0.25, -0.2) is 9.78 Å². The monoisotopic (exact) mass is 239 g/mol. The predicted octanol–water partition coefficient (Wildman–Crippen LogP) is 0.569. The van der Waals surface area contributed by atoms with Crippen LogP contribution in [0.25, 0.3) is 0 Å². The summed E-state index contributed by atoms with van der Waals surface area (Å²) in [6, 6.07) is 1.36. The van der Waals surface area contributed by atoms with E-state index in [0.29, 0.717) is 18.8 Å². The number of aliphatic hydroxyl groups is 1. The summed E-state index contributed by atoms with van der Waals surface area (Å²) in [5.74, 6) is -0.652. The van der Waals surface area contributed by atoms with Crippen LogP contribution in [0.1, 0.15) is 23.7 Å². The highest BCUT2D eigenvalue weighted by molar-refractivity contribution is 5.96. The van der Waals surface area contributed by atoms with Gasteiger partial charge in [-0.3, -0.25) is 0 Å². The van der Waals surface area contributed by atoms with Gasteiger partial charge in [0.1, 0.15) is 0 Å². The van der Waals surface area contributed by atoms with Crippen LogP contribution in [-0.2, 0) is 0 Å². The fraction of sp³-hybridized carbons (Fsp3) is 0.455. The molecule has 6 heteroatoms. The van der Waals surface area contributed by atoms with E-state index in [1.54, 1.807) is 18.9 Å². The molecule has 0 aliphatic rings. The molecular formula is C11H17N3O3. The molecule has 0 fully saturated rings. The third-order valence-electron chi connectivity index (χ3n) is 2.44. The number of carboxylic acid groups (broad SMARTS) is 1. The number of anilines is 2. The number of pyridine rings is 1. The Kier molecular flexibility index (Phi) is 4.28. The van der Waals surface area contributed by atoms with Crippen LogP contribution >= 0.6 is 0 Å². The van der Waals surface area contributed by atoms with Crippen LogP contribution in [0.2, 0.25) is 0 Å². The van der Waals surface area contributed by atoms with Gasteiger partial charge >= 0.3 is 5.97 Å². The summed E-state index contributed by atoms with van der Waals surface area (Å²) < 4.78 is 0. The van der Waals surface area contributed by atoms with Gasteiger partial charge in [-0.05, 0) is 19.4 Å². The van der Waals surface area contributed by atoms with E-state index in [9.17, 15) is 9.90 Å². The number of aromatic nitrogens is 1. The van der Waals surface area contributed by atoms with E-state index in [1.807, 2.05) is 0 Å². The van der Waals surface area contributed by atoms with E-state index in [2.05, 4.69) is 4.98 Å². The summed E-state index contributed by atoms with van der Waals surface area (Å²) in [7, 11) is 1.76. The highest BCUT2D eigenvalue weighted by atomic mass is 16.4. The van der Waals surface area contributed by atoms with Crippen molar-refractivity contribution in [3.63, 3.8) is 0 Å². The molecule has 0 aliphatic carbocycles. The number of hydrogen-bond donors (Lipinski definition) is 3. The molecule has 0 saturated heterocycles. The van der Waals surface area contributed by atoms with E-state index < -0.39 is 12.1 Å². The molecule has 0 radical (unpaired) electrons. The number of aromatic carboxylic acids is 1. The van der Waals surface area contributed by atoms with Gasteiger partial charge in [0, 0.05) is 19.8 Å². The van der Waals surface area contributed by atoms with Gasteiger partial charge in [-0.15, -0.1) is 0 Å². The SMILES string of the molecule is CC(O)CCN(C)c1nccc(C(=O)O)c1N. The van der Waals surface area contributed by atoms with E-state index in [1.165, 1.54) is 12.3 Å². The van der Waals surface area contributed by atoms with Gasteiger partial charge in [0.2, 0.25) is 0 Å². The number of carbonyl (C=O) groups is 1. The molecule has 1 aromatic rings. The smallest absolute Gasteiger partial charge is 0.337 e. The molecule has 0 amide bonds. The average Bonchev–Trinajstić information content (AvgIpc) is 2.25. The molecule has 0 bridgehead atoms. The van der Waals surface area contributed by atoms with Crippen molar-refractivity contribution in [3.8, 4) is 0 Å². The van der Waals surface area contributed by atoms with Gasteiger partial charge in [-0.1, -0.05) is 0 Å². The third-order valence-corrected chi connectivity index (χ3v) is 2.44. The van der Waals surface area contributed by atoms with Crippen molar-refractivity contribution in [3.05, 3.63) is 17.8 Å². The summed E-state index contributed by atoms with van der Waals surface area (Å²) in [4.78, 5) is 16.7. The molecular weight excluding hydrogens is 222 g/mol. The van der Waals surface area contributed by atoms with Crippen LogP contribution in [0.15, 0.2) is 12.3 Å². The molecule has 0 aliphatic heterocycles. The fourth-order valence-electron chi connectivity index (χ4n) is 1.44. The third kappa shape index (κ3) is 3.32. The molecule has 0 aromatic carbocycles. The Morgan fingerprint density at radius 1 is 1.65 bits per heavy atom. The van der Waals surface area contributed by atoms with Crippen LogP contribution in [0, 0.1) is 0 Å². The number of rotatable bonds is 5. The van der Waals surface area contributed by atoms with Crippen LogP contribution in [0.5, 0.6) is 0 Å². The van der Waals surface area contributed by atoms with Crippen LogP contribution < -0.4 is 10.6 Å². The van der Waals surface area contributed by atoms with E-state index >= 15 is 0 Å². The fourth-order valence-corrected chi connectivity index (χ4v) is 1.44. The number of hydrogen-bond acceptors (Lipinski definition) is 5. The lowest BCUT2D eigenvalue weighted by Crippen LogP contribution is -2.24. The lowest BCUT2D eigenvalue weighted by molar-refractivity contribution is 0.0698. The molecule has 17 heavy (non-hydrogen) atoms. The summed E-state index contributed by atoms with van der Waals surface area (Å²) in [5.41, 5.74) is 5.93. The van der Waals surface area contributed by atoms with Gasteiger partial charge < -0.3 is 20.8 Å². The summed E-state index contributed by atoms with van der Waals surface area (Å²) in [6.45, 7) is 2.25. The highest BCUT2D eigenvalue weighted by Gasteiger charge is 2.15. The number of nitrogen functional groups attached to an aromatic ring is 1. The van der Waals surface area contributed by atoms with Crippen molar-refractivity contribution in [1.82, 2.24) is 4.98 Å². The van der Waals surface area contributed by atoms with Crippen molar-refractivity contribution in [2.75, 3.05) is 24.2 Å². The molecule has 1 unspecified atom stereocenters. The molecule has 0 spiro atoms. The van der Waals surface area contributed by atoms with Crippen molar-refractivity contribution in [2.24, 2.45) is 0 Å². The van der Waals surface area contributed by atoms with Crippen molar-refractivity contribution in [2.45, 2.75) is 19.4 Å². The zero-order valence-electron chi connectivity index (χ0n) is 9.92. The standard InChI is InChI=1S/C11H17N3O3/c1-7(15)4-6-14(2)10-9(12)8(11(16)17)3-5-13-10/h3,5,7,15H,4,6,12H2,1-2H3,(H,16,17). The van der Waals surface area contributed by atoms with Crippen LogP contribution in [-0.4, -0.2) is 40.9 Å². The van der Waals surface area contributed by atoms with Gasteiger partial charge in [-0.2, -0.15) is 0 Å². The van der Waals surface area contributed by atoms with Crippen molar-refractivity contribution in [1.29, 1.82) is 0 Å². The largest absolute Gasteiger partial charge is 0.478 e. The van der Waals surface area contributed by atoms with Gasteiger partial charge in [0.25, 0.3) is 0 Å². The number of nitrogens with zero attached hydrogens (tertiary/aromatic N) is 2. The maximum Gasteiger partial charge on any atom is 0.337 e. The first-order chi connectivity index (χ1) is 7.93. The average molecular weight is 239 g/mol. The van der Waals surface area contributed by atoms with Gasteiger partial charge in [0.15, 0.2) is 5.82 Å². The molecule has 1 aromatic heterocycles. The highest BCUT2D eigenvalue weighted by Crippen LogP contribution is 2.23. The second-order valence-corrected chi connectivity index (χ2v) is 3.96. The van der Waals surface area contributed by atoms with Crippen molar-refractivity contribution >= 4 is 17.5 Å². The molecule has 94 valence electrons. The molecule has 1 atom stereocenters. The number of nitrogens with two attached hydrogens (primary N) is 1. The Morgan fingerprint density at radius 2 is 2.29 bits per heavy atom. The minimum absolute atomic E-state index is 0.0406. The lowest BCUT2D eigenvalue weighted by atomic mass is 10.2. The maximum absolute atomic E-state index is 10.9. The first-order valence-corrected chi connectivity index (χ1v) is 5.30. The zero-order chi connectivity index (χ0) is 13.0. The predicted molar refractivity (Wildman–Crippen MR) is 65.2 cm³/mol. The summed E-state index contributed by atoms with van der Waals surface area (Å²) in [5, 5.41) is 18.1. The second-order valence-electron chi connectivity index (χ2n) is 3.96. The number of carboxylic acids is 1. The van der Waals surface area contributed by atoms with Gasteiger partial charge in [0.05, 0.1) is 17.4 Å². The summed E-state index contributed by atoms with van der Waals surface area (Å²) in [6.07, 6.45) is 1.56. The quantitative estimate of drug-likeness (QED) is 0.694. The van der Waals surface area contributed by atoms with E-state index in [-0.39, 0.29) is 11.3 Å². The Bertz CT molecular complexity index is 407.